The zero-order valence-corrected chi connectivity index (χ0v) is 27.1. The van der Waals surface area contributed by atoms with E-state index in [9.17, 15) is 14.4 Å². The van der Waals surface area contributed by atoms with Gasteiger partial charge >= 0.3 is 6.09 Å². The van der Waals surface area contributed by atoms with Crippen molar-refractivity contribution < 1.29 is 19.1 Å². The Morgan fingerprint density at radius 3 is 2.26 bits per heavy atom. The number of unbranched alkanes of at least 4 members (excludes halogenated alkanes) is 2. The molecule has 2 unspecified atom stereocenters. The number of carbonyl (C=O) groups is 3. The number of amides is 3. The number of alkyl carbamates (subject to hydrolysis) is 1. The largest absolute Gasteiger partial charge is 0.444 e. The van der Waals surface area contributed by atoms with E-state index in [1.54, 1.807) is 25.7 Å². The highest BCUT2D eigenvalue weighted by Crippen LogP contribution is 2.30. The van der Waals surface area contributed by atoms with E-state index < -0.39 is 23.8 Å². The fourth-order valence-electron chi connectivity index (χ4n) is 5.24. The molecule has 0 aliphatic carbocycles. The van der Waals surface area contributed by atoms with Crippen molar-refractivity contribution in [1.82, 2.24) is 10.2 Å². The second-order valence-corrected chi connectivity index (χ2v) is 12.8. The van der Waals surface area contributed by atoms with Gasteiger partial charge in [-0.1, -0.05) is 82.1 Å². The molecule has 3 aromatic rings. The number of anilines is 1. The molecule has 0 aliphatic rings. The zero-order chi connectivity index (χ0) is 31.7. The first-order valence-electron chi connectivity index (χ1n) is 15.5. The molecule has 43 heavy (non-hydrogen) atoms. The minimum Gasteiger partial charge on any atom is -0.444 e. The number of rotatable bonds is 12. The molecule has 0 heterocycles. The number of hydrogen-bond acceptors (Lipinski definition) is 4. The predicted molar refractivity (Wildman–Crippen MR) is 175 cm³/mol. The van der Waals surface area contributed by atoms with Crippen LogP contribution in [-0.4, -0.2) is 41.0 Å². The van der Waals surface area contributed by atoms with Gasteiger partial charge in [0.2, 0.25) is 5.91 Å². The molecule has 3 aromatic carbocycles. The van der Waals surface area contributed by atoms with Crippen LogP contribution in [0.5, 0.6) is 0 Å². The Labute approximate surface area is 257 Å². The average molecular weight is 588 g/mol. The van der Waals surface area contributed by atoms with Crippen LogP contribution in [0.15, 0.2) is 60.7 Å². The Morgan fingerprint density at radius 2 is 1.60 bits per heavy atom. The van der Waals surface area contributed by atoms with Crippen LogP contribution in [0, 0.1) is 19.8 Å². The molecule has 0 bridgehead atoms. The molecule has 7 nitrogen and oxygen atoms in total. The van der Waals surface area contributed by atoms with E-state index in [0.29, 0.717) is 18.7 Å². The maximum Gasteiger partial charge on any atom is 0.408 e. The normalized spacial score (nSPS) is 13.0. The number of nitrogens with zero attached hydrogens (tertiary/aromatic N) is 1. The van der Waals surface area contributed by atoms with Gasteiger partial charge in [-0.15, -0.1) is 0 Å². The Morgan fingerprint density at radius 1 is 0.907 bits per heavy atom. The molecule has 2 atom stereocenters. The summed E-state index contributed by atoms with van der Waals surface area (Å²) in [5.74, 6) is -0.475. The highest BCUT2D eigenvalue weighted by molar-refractivity contribution is 6.00. The van der Waals surface area contributed by atoms with Gasteiger partial charge in [0.1, 0.15) is 17.7 Å². The Hall–Kier alpha value is -3.87. The predicted octanol–water partition coefficient (Wildman–Crippen LogP) is 8.09. The monoisotopic (exact) mass is 587 g/mol. The molecule has 3 amide bonds. The molecular formula is C36H49N3O4. The van der Waals surface area contributed by atoms with Crippen LogP contribution < -0.4 is 10.6 Å². The van der Waals surface area contributed by atoms with Crippen LogP contribution in [-0.2, 0) is 14.3 Å². The molecule has 0 radical (unpaired) electrons. The highest BCUT2D eigenvalue weighted by Gasteiger charge is 2.37. The quantitative estimate of drug-likeness (QED) is 0.210. The van der Waals surface area contributed by atoms with Crippen molar-refractivity contribution >= 4 is 34.4 Å². The van der Waals surface area contributed by atoms with Gasteiger partial charge in [-0.05, 0) is 93.0 Å². The summed E-state index contributed by atoms with van der Waals surface area (Å²) in [7, 11) is 0. The van der Waals surface area contributed by atoms with Gasteiger partial charge in [0.05, 0.1) is 0 Å². The van der Waals surface area contributed by atoms with E-state index >= 15 is 0 Å². The van der Waals surface area contributed by atoms with E-state index in [1.165, 1.54) is 0 Å². The fraction of sp³-hybridized carbons (Fsp3) is 0.472. The molecule has 232 valence electrons. The molecule has 0 saturated heterocycles. The molecule has 0 aliphatic heterocycles. The van der Waals surface area contributed by atoms with Crippen molar-refractivity contribution in [3.63, 3.8) is 0 Å². The molecule has 3 rings (SSSR count). The Balaban J connectivity index is 2.08. The van der Waals surface area contributed by atoms with Crippen LogP contribution in [0.1, 0.15) is 90.0 Å². The third kappa shape index (κ3) is 9.57. The lowest BCUT2D eigenvalue weighted by atomic mass is 9.94. The SMILES string of the molecule is CCCCCN(C(=O)C(CC(C)C)NC(=O)OC(C)(C)C)C(C(=O)Nc1ccc2ccccc2c1)c1cccc(C)c1C. The minimum atomic E-state index is -0.897. The molecule has 0 aromatic heterocycles. The third-order valence-corrected chi connectivity index (χ3v) is 7.50. The van der Waals surface area contributed by atoms with E-state index in [-0.39, 0.29) is 17.7 Å². The summed E-state index contributed by atoms with van der Waals surface area (Å²) < 4.78 is 5.52. The highest BCUT2D eigenvalue weighted by atomic mass is 16.6. The number of hydrogen-bond donors (Lipinski definition) is 2. The lowest BCUT2D eigenvalue weighted by Gasteiger charge is -2.36. The summed E-state index contributed by atoms with van der Waals surface area (Å²) in [6.07, 6.45) is 2.36. The van der Waals surface area contributed by atoms with Crippen molar-refractivity contribution in [1.29, 1.82) is 0 Å². The zero-order valence-electron chi connectivity index (χ0n) is 27.1. The number of carbonyl (C=O) groups excluding carboxylic acids is 3. The van der Waals surface area contributed by atoms with Crippen molar-refractivity contribution in [2.45, 2.75) is 98.8 Å². The van der Waals surface area contributed by atoms with E-state index in [0.717, 1.165) is 46.7 Å². The van der Waals surface area contributed by atoms with Crippen LogP contribution in [0.4, 0.5) is 10.5 Å². The maximum absolute atomic E-state index is 14.5. The fourth-order valence-corrected chi connectivity index (χ4v) is 5.24. The van der Waals surface area contributed by atoms with Crippen LogP contribution in [0.3, 0.4) is 0 Å². The van der Waals surface area contributed by atoms with Crippen LogP contribution in [0.2, 0.25) is 0 Å². The van der Waals surface area contributed by atoms with Gasteiger partial charge in [-0.25, -0.2) is 4.79 Å². The maximum atomic E-state index is 14.5. The summed E-state index contributed by atoms with van der Waals surface area (Å²) in [5, 5.41) is 8.03. The van der Waals surface area contributed by atoms with Gasteiger partial charge in [0, 0.05) is 12.2 Å². The van der Waals surface area contributed by atoms with Crippen LogP contribution in [0.25, 0.3) is 10.8 Å². The number of aryl methyl sites for hydroxylation is 1. The Bertz CT molecular complexity index is 1410. The summed E-state index contributed by atoms with van der Waals surface area (Å²) in [4.78, 5) is 43.4. The summed E-state index contributed by atoms with van der Waals surface area (Å²) in [6.45, 7) is 15.9. The smallest absolute Gasteiger partial charge is 0.408 e. The molecular weight excluding hydrogens is 538 g/mol. The van der Waals surface area contributed by atoms with Gasteiger partial charge in [0.15, 0.2) is 0 Å². The molecule has 0 saturated carbocycles. The molecule has 2 N–H and O–H groups in total. The van der Waals surface area contributed by atoms with Crippen molar-refractivity contribution in [3.05, 3.63) is 77.4 Å². The van der Waals surface area contributed by atoms with Crippen LogP contribution >= 0.6 is 0 Å². The number of nitrogens with one attached hydrogen (secondary N) is 2. The van der Waals surface area contributed by atoms with Gasteiger partial charge in [-0.3, -0.25) is 9.59 Å². The molecule has 7 heteroatoms. The van der Waals surface area contributed by atoms with Crippen molar-refractivity contribution in [2.24, 2.45) is 5.92 Å². The Kier molecular flexibility index (Phi) is 11.8. The van der Waals surface area contributed by atoms with Crippen molar-refractivity contribution in [3.8, 4) is 0 Å². The summed E-state index contributed by atoms with van der Waals surface area (Å²) in [5.41, 5.74) is 2.70. The van der Waals surface area contributed by atoms with Gasteiger partial charge in [-0.2, -0.15) is 0 Å². The molecule has 0 fully saturated rings. The number of fused-ring (bicyclic) bond motifs is 1. The second-order valence-electron chi connectivity index (χ2n) is 12.8. The number of benzene rings is 3. The second kappa shape index (κ2) is 15.0. The lowest BCUT2D eigenvalue weighted by Crippen LogP contribution is -2.53. The first kappa shape index (κ1) is 33.6. The first-order valence-corrected chi connectivity index (χ1v) is 15.5. The standard InChI is InChI=1S/C36H49N3O4/c1-9-10-13-21-39(34(41)31(22-24(2)3)38-35(42)43-36(6,7)8)32(30-18-14-15-25(4)26(30)5)33(40)37-29-20-19-27-16-11-12-17-28(27)23-29/h11-12,14-20,23-24,31-32H,9-10,13,21-22H2,1-8H3,(H,37,40)(H,38,42). The average Bonchev–Trinajstić information content (AvgIpc) is 2.92. The first-order chi connectivity index (χ1) is 20.3. The lowest BCUT2D eigenvalue weighted by molar-refractivity contribution is -0.141. The van der Waals surface area contributed by atoms with E-state index in [4.69, 9.17) is 4.74 Å². The minimum absolute atomic E-state index is 0.118. The number of ether oxygens (including phenoxy) is 1. The van der Waals surface area contributed by atoms with Gasteiger partial charge in [0.25, 0.3) is 5.91 Å². The topological polar surface area (TPSA) is 87.7 Å². The van der Waals surface area contributed by atoms with E-state index in [1.807, 2.05) is 88.4 Å². The van der Waals surface area contributed by atoms with E-state index in [2.05, 4.69) is 17.6 Å². The van der Waals surface area contributed by atoms with Gasteiger partial charge < -0.3 is 20.3 Å². The third-order valence-electron chi connectivity index (χ3n) is 7.50. The molecule has 0 spiro atoms. The van der Waals surface area contributed by atoms with Crippen molar-refractivity contribution in [2.75, 3.05) is 11.9 Å². The summed E-state index contributed by atoms with van der Waals surface area (Å²) >= 11 is 0. The summed E-state index contributed by atoms with van der Waals surface area (Å²) in [6, 6.07) is 17.9.